The number of hydrogen-bond acceptors (Lipinski definition) is 4. The lowest BCUT2D eigenvalue weighted by atomic mass is 10.3. The highest BCUT2D eigenvalue weighted by Gasteiger charge is 2.24. The molecular weight excluding hydrogens is 332 g/mol. The predicted octanol–water partition coefficient (Wildman–Crippen LogP) is 2.45. The van der Waals surface area contributed by atoms with E-state index >= 15 is 0 Å². The molecule has 2 rings (SSSR count). The number of halogens is 1. The zero-order chi connectivity index (χ0) is 14.0. The highest BCUT2D eigenvalue weighted by molar-refractivity contribution is 9.10. The van der Waals surface area contributed by atoms with Gasteiger partial charge in [0.2, 0.25) is 10.0 Å². The Morgan fingerprint density at radius 2 is 2.11 bits per heavy atom. The third-order valence-corrected chi connectivity index (χ3v) is 4.99. The maximum absolute atomic E-state index is 12.4. The predicted molar refractivity (Wildman–Crippen MR) is 75.9 cm³/mol. The summed E-state index contributed by atoms with van der Waals surface area (Å²) in [6.45, 7) is 0.158. The van der Waals surface area contributed by atoms with Crippen LogP contribution in [0.2, 0.25) is 0 Å². The van der Waals surface area contributed by atoms with Crippen molar-refractivity contribution in [1.29, 1.82) is 0 Å². The van der Waals surface area contributed by atoms with E-state index in [1.165, 1.54) is 23.7 Å². The Morgan fingerprint density at radius 3 is 2.68 bits per heavy atom. The Labute approximate surface area is 120 Å². The zero-order valence-electron chi connectivity index (χ0n) is 10.2. The molecule has 0 unspecified atom stereocenters. The van der Waals surface area contributed by atoms with Gasteiger partial charge in [-0.3, -0.25) is 0 Å². The van der Waals surface area contributed by atoms with Gasteiger partial charge in [0.25, 0.3) is 0 Å². The maximum atomic E-state index is 12.4. The second kappa shape index (κ2) is 5.36. The minimum atomic E-state index is -3.63. The monoisotopic (exact) mass is 344 g/mol. The first kappa shape index (κ1) is 14.1. The van der Waals surface area contributed by atoms with Gasteiger partial charge in [0.05, 0.1) is 18.5 Å². The van der Waals surface area contributed by atoms with E-state index in [0.29, 0.717) is 5.76 Å². The molecular formula is C12H13BrN2O3S. The minimum Gasteiger partial charge on any atom is -0.468 e. The van der Waals surface area contributed by atoms with Crippen LogP contribution in [0.3, 0.4) is 0 Å². The summed E-state index contributed by atoms with van der Waals surface area (Å²) in [5.74, 6) is 0.571. The minimum absolute atomic E-state index is 0.0877. The van der Waals surface area contributed by atoms with E-state index in [1.54, 1.807) is 24.3 Å². The number of sulfonamides is 1. The second-order valence-corrected chi connectivity index (χ2v) is 6.95. The van der Waals surface area contributed by atoms with Crippen molar-refractivity contribution in [3.8, 4) is 0 Å². The Morgan fingerprint density at radius 1 is 1.37 bits per heavy atom. The molecule has 102 valence electrons. The number of benzene rings is 1. The van der Waals surface area contributed by atoms with Crippen LogP contribution < -0.4 is 5.73 Å². The average molecular weight is 345 g/mol. The lowest BCUT2D eigenvalue weighted by molar-refractivity contribution is 0.406. The lowest BCUT2D eigenvalue weighted by Gasteiger charge is -2.17. The molecule has 1 heterocycles. The Balaban J connectivity index is 2.31. The van der Waals surface area contributed by atoms with E-state index in [4.69, 9.17) is 10.2 Å². The SMILES string of the molecule is CN(Cc1ccco1)S(=O)(=O)c1ccc(Br)cc1N. The number of nitrogens with zero attached hydrogens (tertiary/aromatic N) is 1. The van der Waals surface area contributed by atoms with Crippen molar-refractivity contribution in [2.45, 2.75) is 11.4 Å². The molecule has 2 N–H and O–H groups in total. The second-order valence-electron chi connectivity index (χ2n) is 4.02. The number of rotatable bonds is 4. The lowest BCUT2D eigenvalue weighted by Crippen LogP contribution is -2.27. The van der Waals surface area contributed by atoms with Crippen LogP contribution >= 0.6 is 15.9 Å². The van der Waals surface area contributed by atoms with Crippen LogP contribution in [0.4, 0.5) is 5.69 Å². The van der Waals surface area contributed by atoms with Crippen molar-refractivity contribution < 1.29 is 12.8 Å². The Hall–Kier alpha value is -1.31. The summed E-state index contributed by atoms with van der Waals surface area (Å²) in [4.78, 5) is 0.0877. The molecule has 0 bridgehead atoms. The normalized spacial score (nSPS) is 11.9. The van der Waals surface area contributed by atoms with Crippen molar-refractivity contribution >= 4 is 31.6 Å². The zero-order valence-corrected chi connectivity index (χ0v) is 12.6. The quantitative estimate of drug-likeness (QED) is 0.864. The Kier molecular flexibility index (Phi) is 3.98. The molecule has 0 aliphatic rings. The molecule has 0 amide bonds. The summed E-state index contributed by atoms with van der Waals surface area (Å²) < 4.78 is 31.8. The fraction of sp³-hybridized carbons (Fsp3) is 0.167. The van der Waals surface area contributed by atoms with E-state index in [0.717, 1.165) is 4.47 Å². The highest BCUT2D eigenvalue weighted by atomic mass is 79.9. The summed E-state index contributed by atoms with van der Waals surface area (Å²) >= 11 is 3.25. The van der Waals surface area contributed by atoms with Gasteiger partial charge < -0.3 is 10.2 Å². The number of nitrogens with two attached hydrogens (primary N) is 1. The van der Waals surface area contributed by atoms with E-state index in [-0.39, 0.29) is 17.1 Å². The van der Waals surface area contributed by atoms with Crippen molar-refractivity contribution in [3.05, 3.63) is 46.8 Å². The summed E-state index contributed by atoms with van der Waals surface area (Å²) in [5.41, 5.74) is 5.97. The summed E-state index contributed by atoms with van der Waals surface area (Å²) in [5, 5.41) is 0. The summed E-state index contributed by atoms with van der Waals surface area (Å²) in [6, 6.07) is 8.12. The molecule has 7 heteroatoms. The highest BCUT2D eigenvalue weighted by Crippen LogP contribution is 2.25. The standard InChI is InChI=1S/C12H13BrN2O3S/c1-15(8-10-3-2-6-18-10)19(16,17)12-5-4-9(13)7-11(12)14/h2-7H,8,14H2,1H3. The van der Waals surface area contributed by atoms with Crippen LogP contribution in [-0.4, -0.2) is 19.8 Å². The van der Waals surface area contributed by atoms with E-state index in [9.17, 15) is 8.42 Å². The van der Waals surface area contributed by atoms with Gasteiger partial charge in [-0.15, -0.1) is 0 Å². The summed E-state index contributed by atoms with van der Waals surface area (Å²) in [7, 11) is -2.15. The van der Waals surface area contributed by atoms with Crippen molar-refractivity contribution in [2.24, 2.45) is 0 Å². The first-order valence-electron chi connectivity index (χ1n) is 5.45. The molecule has 2 aromatic rings. The molecule has 0 radical (unpaired) electrons. The van der Waals surface area contributed by atoms with Gasteiger partial charge in [-0.05, 0) is 30.3 Å². The molecule has 0 aliphatic carbocycles. The molecule has 1 aromatic heterocycles. The molecule has 0 saturated carbocycles. The topological polar surface area (TPSA) is 76.5 Å². The fourth-order valence-corrected chi connectivity index (χ4v) is 3.24. The Bertz CT molecular complexity index is 668. The van der Waals surface area contributed by atoms with Crippen molar-refractivity contribution in [1.82, 2.24) is 4.31 Å². The van der Waals surface area contributed by atoms with E-state index in [2.05, 4.69) is 15.9 Å². The van der Waals surface area contributed by atoms with Gasteiger partial charge in [-0.1, -0.05) is 15.9 Å². The smallest absolute Gasteiger partial charge is 0.245 e. The van der Waals surface area contributed by atoms with Gasteiger partial charge in [0, 0.05) is 11.5 Å². The molecule has 5 nitrogen and oxygen atoms in total. The molecule has 0 atom stereocenters. The van der Waals surface area contributed by atoms with Crippen LogP contribution in [0.25, 0.3) is 0 Å². The summed E-state index contributed by atoms with van der Waals surface area (Å²) in [6.07, 6.45) is 1.50. The largest absolute Gasteiger partial charge is 0.468 e. The van der Waals surface area contributed by atoms with Crippen LogP contribution in [-0.2, 0) is 16.6 Å². The number of anilines is 1. The van der Waals surface area contributed by atoms with E-state index in [1.807, 2.05) is 0 Å². The molecule has 19 heavy (non-hydrogen) atoms. The van der Waals surface area contributed by atoms with E-state index < -0.39 is 10.0 Å². The maximum Gasteiger partial charge on any atom is 0.245 e. The fourth-order valence-electron chi connectivity index (χ4n) is 1.63. The number of nitrogen functional groups attached to an aromatic ring is 1. The van der Waals surface area contributed by atoms with Gasteiger partial charge in [-0.2, -0.15) is 4.31 Å². The third kappa shape index (κ3) is 2.99. The molecule has 0 saturated heterocycles. The number of furan rings is 1. The first-order valence-corrected chi connectivity index (χ1v) is 7.68. The molecule has 0 aliphatic heterocycles. The van der Waals surface area contributed by atoms with Crippen molar-refractivity contribution in [2.75, 3.05) is 12.8 Å². The van der Waals surface area contributed by atoms with Crippen LogP contribution in [0, 0.1) is 0 Å². The molecule has 0 fully saturated rings. The van der Waals surface area contributed by atoms with Gasteiger partial charge in [-0.25, -0.2) is 8.42 Å². The van der Waals surface area contributed by atoms with Crippen molar-refractivity contribution in [3.63, 3.8) is 0 Å². The van der Waals surface area contributed by atoms with Gasteiger partial charge >= 0.3 is 0 Å². The molecule has 1 aromatic carbocycles. The van der Waals surface area contributed by atoms with Gasteiger partial charge in [0.1, 0.15) is 10.7 Å². The number of hydrogen-bond donors (Lipinski definition) is 1. The van der Waals surface area contributed by atoms with Crippen LogP contribution in [0.5, 0.6) is 0 Å². The van der Waals surface area contributed by atoms with Crippen LogP contribution in [0.15, 0.2) is 50.4 Å². The third-order valence-electron chi connectivity index (χ3n) is 2.62. The first-order chi connectivity index (χ1) is 8.91. The van der Waals surface area contributed by atoms with Crippen LogP contribution in [0.1, 0.15) is 5.76 Å². The average Bonchev–Trinajstić information content (AvgIpc) is 2.81. The molecule has 0 spiro atoms. The van der Waals surface area contributed by atoms with Gasteiger partial charge in [0.15, 0.2) is 0 Å².